The Bertz CT molecular complexity index is 497. The van der Waals surface area contributed by atoms with Gasteiger partial charge in [0.2, 0.25) is 0 Å². The number of carbonyl (C=O) groups excluding carboxylic acids is 2. The van der Waals surface area contributed by atoms with Gasteiger partial charge in [-0.05, 0) is 37.8 Å². The monoisotopic (exact) mass is 290 g/mol. The smallest absolute Gasteiger partial charge is 0.338 e. The number of rotatable bonds is 5. The Kier molecular flexibility index (Phi) is 4.99. The molecule has 2 atom stereocenters. The van der Waals surface area contributed by atoms with Gasteiger partial charge in [-0.3, -0.25) is 4.79 Å². The largest absolute Gasteiger partial charge is 0.468 e. The second-order valence-electron chi connectivity index (χ2n) is 5.55. The molecule has 1 aromatic rings. The van der Waals surface area contributed by atoms with Gasteiger partial charge in [0.1, 0.15) is 11.5 Å². The molecule has 0 aliphatic heterocycles. The summed E-state index contributed by atoms with van der Waals surface area (Å²) in [6.45, 7) is 2.03. The molecule has 1 aliphatic carbocycles. The minimum absolute atomic E-state index is 0.257. The molecule has 1 saturated carbocycles. The standard InChI is InChI=1S/C17H22O4/c1-3-11-17(16(19)20-2)12-7-10-14(17)21-15(18)13-8-5-4-6-9-13/h4-6,8-9,14H,3,7,10-12H2,1-2H3. The summed E-state index contributed by atoms with van der Waals surface area (Å²) in [5.74, 6) is -0.625. The van der Waals surface area contributed by atoms with Crippen LogP contribution in [-0.2, 0) is 14.3 Å². The summed E-state index contributed by atoms with van der Waals surface area (Å²) >= 11 is 0. The average molecular weight is 290 g/mol. The van der Waals surface area contributed by atoms with E-state index >= 15 is 0 Å². The summed E-state index contributed by atoms with van der Waals surface area (Å²) in [4.78, 5) is 24.5. The van der Waals surface area contributed by atoms with E-state index in [1.165, 1.54) is 7.11 Å². The van der Waals surface area contributed by atoms with Crippen molar-refractivity contribution in [2.75, 3.05) is 7.11 Å². The van der Waals surface area contributed by atoms with Crippen molar-refractivity contribution in [3.05, 3.63) is 35.9 Å². The molecule has 0 radical (unpaired) electrons. The van der Waals surface area contributed by atoms with Crippen LogP contribution in [0.4, 0.5) is 0 Å². The van der Waals surface area contributed by atoms with Gasteiger partial charge in [0, 0.05) is 0 Å². The van der Waals surface area contributed by atoms with Gasteiger partial charge in [-0.25, -0.2) is 4.79 Å². The van der Waals surface area contributed by atoms with Crippen molar-refractivity contribution in [2.24, 2.45) is 5.41 Å². The second kappa shape index (κ2) is 6.74. The molecule has 1 aromatic carbocycles. The van der Waals surface area contributed by atoms with Crippen LogP contribution in [0.25, 0.3) is 0 Å². The van der Waals surface area contributed by atoms with Crippen LogP contribution in [-0.4, -0.2) is 25.2 Å². The highest BCUT2D eigenvalue weighted by atomic mass is 16.6. The molecular formula is C17H22O4. The molecule has 0 bridgehead atoms. The zero-order chi connectivity index (χ0) is 15.3. The summed E-state index contributed by atoms with van der Waals surface area (Å²) in [5.41, 5.74) is -0.159. The Morgan fingerprint density at radius 2 is 2.00 bits per heavy atom. The maximum atomic E-state index is 12.2. The number of carbonyl (C=O) groups is 2. The summed E-state index contributed by atoms with van der Waals surface area (Å²) in [5, 5.41) is 0. The Morgan fingerprint density at radius 1 is 1.29 bits per heavy atom. The topological polar surface area (TPSA) is 52.6 Å². The van der Waals surface area contributed by atoms with Gasteiger partial charge >= 0.3 is 11.9 Å². The van der Waals surface area contributed by atoms with Crippen molar-refractivity contribution < 1.29 is 19.1 Å². The van der Waals surface area contributed by atoms with E-state index in [4.69, 9.17) is 9.47 Å². The molecule has 0 N–H and O–H groups in total. The number of esters is 2. The predicted octanol–water partition coefficient (Wildman–Crippen LogP) is 3.36. The van der Waals surface area contributed by atoms with Crippen LogP contribution < -0.4 is 0 Å². The third kappa shape index (κ3) is 3.09. The fourth-order valence-corrected chi connectivity index (χ4v) is 3.25. The minimum atomic E-state index is -0.673. The maximum Gasteiger partial charge on any atom is 0.338 e. The Hall–Kier alpha value is -1.84. The van der Waals surface area contributed by atoms with Crippen LogP contribution in [0.2, 0.25) is 0 Å². The van der Waals surface area contributed by atoms with Crippen LogP contribution in [0, 0.1) is 5.41 Å². The number of hydrogen-bond donors (Lipinski definition) is 0. The van der Waals surface area contributed by atoms with E-state index in [-0.39, 0.29) is 11.9 Å². The fraction of sp³-hybridized carbons (Fsp3) is 0.529. The molecule has 0 amide bonds. The normalized spacial score (nSPS) is 24.6. The Balaban J connectivity index is 2.17. The molecule has 21 heavy (non-hydrogen) atoms. The first kappa shape index (κ1) is 15.5. The van der Waals surface area contributed by atoms with Crippen LogP contribution in [0.1, 0.15) is 49.4 Å². The van der Waals surface area contributed by atoms with E-state index in [9.17, 15) is 9.59 Å². The van der Waals surface area contributed by atoms with Gasteiger partial charge in [-0.15, -0.1) is 0 Å². The lowest BCUT2D eigenvalue weighted by molar-refractivity contribution is -0.159. The van der Waals surface area contributed by atoms with E-state index in [0.717, 1.165) is 19.3 Å². The SMILES string of the molecule is CCCC1(C(=O)OC)CCCC1OC(=O)c1ccccc1. The van der Waals surface area contributed by atoms with Crippen molar-refractivity contribution in [3.63, 3.8) is 0 Å². The van der Waals surface area contributed by atoms with Gasteiger partial charge in [0.15, 0.2) is 0 Å². The van der Waals surface area contributed by atoms with Crippen molar-refractivity contribution >= 4 is 11.9 Å². The van der Waals surface area contributed by atoms with Crippen LogP contribution in [0.3, 0.4) is 0 Å². The minimum Gasteiger partial charge on any atom is -0.468 e. The molecule has 2 unspecified atom stereocenters. The molecule has 0 heterocycles. The van der Waals surface area contributed by atoms with Gasteiger partial charge in [0.25, 0.3) is 0 Å². The van der Waals surface area contributed by atoms with E-state index in [2.05, 4.69) is 0 Å². The van der Waals surface area contributed by atoms with Crippen LogP contribution in [0.5, 0.6) is 0 Å². The molecule has 0 aromatic heterocycles. The average Bonchev–Trinajstić information content (AvgIpc) is 2.91. The van der Waals surface area contributed by atoms with E-state index < -0.39 is 11.5 Å². The van der Waals surface area contributed by atoms with E-state index in [0.29, 0.717) is 18.4 Å². The highest BCUT2D eigenvalue weighted by Gasteiger charge is 2.51. The van der Waals surface area contributed by atoms with E-state index in [1.807, 2.05) is 13.0 Å². The summed E-state index contributed by atoms with van der Waals surface area (Å²) in [6, 6.07) is 8.88. The molecule has 0 spiro atoms. The third-order valence-corrected chi connectivity index (χ3v) is 4.25. The van der Waals surface area contributed by atoms with Gasteiger partial charge in [-0.2, -0.15) is 0 Å². The van der Waals surface area contributed by atoms with Crippen molar-refractivity contribution in [2.45, 2.75) is 45.1 Å². The zero-order valence-electron chi connectivity index (χ0n) is 12.6. The first-order valence-corrected chi connectivity index (χ1v) is 7.48. The number of methoxy groups -OCH3 is 1. The van der Waals surface area contributed by atoms with Gasteiger partial charge < -0.3 is 9.47 Å². The molecular weight excluding hydrogens is 268 g/mol. The maximum absolute atomic E-state index is 12.2. The fourth-order valence-electron chi connectivity index (χ4n) is 3.25. The van der Waals surface area contributed by atoms with Crippen molar-refractivity contribution in [1.82, 2.24) is 0 Å². The van der Waals surface area contributed by atoms with E-state index in [1.54, 1.807) is 24.3 Å². The number of hydrogen-bond acceptors (Lipinski definition) is 4. The lowest BCUT2D eigenvalue weighted by Crippen LogP contribution is -2.41. The number of benzene rings is 1. The highest BCUT2D eigenvalue weighted by Crippen LogP contribution is 2.45. The van der Waals surface area contributed by atoms with Crippen LogP contribution in [0.15, 0.2) is 30.3 Å². The molecule has 1 aliphatic rings. The molecule has 4 heteroatoms. The highest BCUT2D eigenvalue weighted by molar-refractivity contribution is 5.90. The zero-order valence-corrected chi connectivity index (χ0v) is 12.6. The third-order valence-electron chi connectivity index (χ3n) is 4.25. The van der Waals surface area contributed by atoms with Crippen molar-refractivity contribution in [3.8, 4) is 0 Å². The number of ether oxygens (including phenoxy) is 2. The second-order valence-corrected chi connectivity index (χ2v) is 5.55. The molecule has 114 valence electrons. The summed E-state index contributed by atoms with van der Waals surface area (Å²) in [6.07, 6.45) is 3.47. The molecule has 1 fully saturated rings. The quantitative estimate of drug-likeness (QED) is 0.780. The first-order valence-electron chi connectivity index (χ1n) is 7.48. The molecule has 2 rings (SSSR count). The molecule has 4 nitrogen and oxygen atoms in total. The predicted molar refractivity (Wildman–Crippen MR) is 78.9 cm³/mol. The Labute approximate surface area is 125 Å². The van der Waals surface area contributed by atoms with Gasteiger partial charge in [0.05, 0.1) is 12.7 Å². The summed E-state index contributed by atoms with van der Waals surface area (Å²) in [7, 11) is 1.40. The lowest BCUT2D eigenvalue weighted by Gasteiger charge is -2.32. The Morgan fingerprint density at radius 3 is 2.62 bits per heavy atom. The van der Waals surface area contributed by atoms with Crippen LogP contribution >= 0.6 is 0 Å². The first-order chi connectivity index (χ1) is 10.1. The summed E-state index contributed by atoms with van der Waals surface area (Å²) < 4.78 is 10.6. The van der Waals surface area contributed by atoms with Gasteiger partial charge in [-0.1, -0.05) is 31.5 Å². The molecule has 0 saturated heterocycles. The lowest BCUT2D eigenvalue weighted by atomic mass is 9.79. The van der Waals surface area contributed by atoms with Crippen molar-refractivity contribution in [1.29, 1.82) is 0 Å².